The van der Waals surface area contributed by atoms with Crippen molar-refractivity contribution in [3.8, 4) is 22.5 Å². The summed E-state index contributed by atoms with van der Waals surface area (Å²) in [7, 11) is 0. The fourth-order valence-corrected chi connectivity index (χ4v) is 5.51. The molecule has 1 aromatic heterocycles. The van der Waals surface area contributed by atoms with Crippen molar-refractivity contribution >= 4 is 0 Å². The highest BCUT2D eigenvalue weighted by atomic mass is 16.5. The van der Waals surface area contributed by atoms with E-state index >= 15 is 0 Å². The van der Waals surface area contributed by atoms with E-state index in [1.165, 1.54) is 11.1 Å². The fraction of sp³-hybridized carbons (Fsp3) is 0.343. The van der Waals surface area contributed by atoms with Gasteiger partial charge in [0.2, 0.25) is 0 Å². The van der Waals surface area contributed by atoms with Gasteiger partial charge in [0.1, 0.15) is 0 Å². The standard InChI is InChI=1S/C35H39NO3/c1-6-38-25(3)35(22-23-35)30-18-16-28(17-19-30)27-12-14-29(15-13-27)32-31(24(2)36-39-32)33(37)34(4,5)21-20-26-10-8-7-9-11-26/h7-19,33,37H,3,6,20-23H2,1-2,4-5H3. The molecule has 0 radical (unpaired) electrons. The van der Waals surface area contributed by atoms with Crippen LogP contribution < -0.4 is 0 Å². The monoisotopic (exact) mass is 521 g/mol. The van der Waals surface area contributed by atoms with Crippen molar-refractivity contribution in [2.45, 2.75) is 64.9 Å². The number of ether oxygens (including phenoxy) is 1. The van der Waals surface area contributed by atoms with Crippen LogP contribution in [0, 0.1) is 12.3 Å². The van der Waals surface area contributed by atoms with E-state index in [0.717, 1.165) is 59.4 Å². The zero-order valence-electron chi connectivity index (χ0n) is 23.5. The maximum atomic E-state index is 11.5. The molecular weight excluding hydrogens is 482 g/mol. The number of aromatic nitrogens is 1. The Labute approximate surface area is 232 Å². The average molecular weight is 522 g/mol. The Balaban J connectivity index is 1.33. The Morgan fingerprint density at radius 2 is 1.56 bits per heavy atom. The molecule has 3 aromatic carbocycles. The molecule has 1 aliphatic rings. The number of hydrogen-bond acceptors (Lipinski definition) is 4. The van der Waals surface area contributed by atoms with E-state index in [4.69, 9.17) is 9.26 Å². The van der Waals surface area contributed by atoms with Crippen molar-refractivity contribution in [3.63, 3.8) is 0 Å². The Hall–Kier alpha value is -3.63. The van der Waals surface area contributed by atoms with Gasteiger partial charge >= 0.3 is 0 Å². The van der Waals surface area contributed by atoms with Crippen LogP contribution in [0.2, 0.25) is 0 Å². The van der Waals surface area contributed by atoms with E-state index in [-0.39, 0.29) is 10.8 Å². The summed E-state index contributed by atoms with van der Waals surface area (Å²) in [6, 6.07) is 27.5. The van der Waals surface area contributed by atoms with Crippen LogP contribution >= 0.6 is 0 Å². The molecule has 0 spiro atoms. The molecule has 39 heavy (non-hydrogen) atoms. The van der Waals surface area contributed by atoms with Crippen molar-refractivity contribution in [2.24, 2.45) is 5.41 Å². The van der Waals surface area contributed by atoms with E-state index in [1.807, 2.05) is 19.9 Å². The minimum Gasteiger partial charge on any atom is -0.498 e. The van der Waals surface area contributed by atoms with Crippen LogP contribution in [0.15, 0.2) is 95.7 Å². The molecule has 0 bridgehead atoms. The van der Waals surface area contributed by atoms with Gasteiger partial charge in [-0.3, -0.25) is 0 Å². The number of allylic oxidation sites excluding steroid dienone is 1. The molecule has 1 heterocycles. The molecule has 1 saturated carbocycles. The third kappa shape index (κ3) is 5.44. The summed E-state index contributed by atoms with van der Waals surface area (Å²) in [5.41, 5.74) is 6.86. The largest absolute Gasteiger partial charge is 0.498 e. The number of nitrogens with zero attached hydrogens (tertiary/aromatic N) is 1. The first-order valence-corrected chi connectivity index (χ1v) is 14.0. The molecule has 4 nitrogen and oxygen atoms in total. The quantitative estimate of drug-likeness (QED) is 0.201. The van der Waals surface area contributed by atoms with Gasteiger partial charge in [-0.25, -0.2) is 0 Å². The lowest BCUT2D eigenvalue weighted by molar-refractivity contribution is 0.0429. The van der Waals surface area contributed by atoms with Gasteiger partial charge in [-0.15, -0.1) is 0 Å². The minimum atomic E-state index is -0.698. The first-order valence-electron chi connectivity index (χ1n) is 14.0. The van der Waals surface area contributed by atoms with Gasteiger partial charge < -0.3 is 14.4 Å². The van der Waals surface area contributed by atoms with Crippen molar-refractivity contribution in [3.05, 3.63) is 114 Å². The van der Waals surface area contributed by atoms with Crippen LogP contribution in [0.3, 0.4) is 0 Å². The molecule has 202 valence electrons. The summed E-state index contributed by atoms with van der Waals surface area (Å²) in [5.74, 6) is 1.52. The van der Waals surface area contributed by atoms with Crippen molar-refractivity contribution < 1.29 is 14.4 Å². The van der Waals surface area contributed by atoms with Crippen LogP contribution in [0.1, 0.15) is 68.5 Å². The summed E-state index contributed by atoms with van der Waals surface area (Å²) in [4.78, 5) is 0. The van der Waals surface area contributed by atoms with Crippen LogP contribution in [0.4, 0.5) is 0 Å². The topological polar surface area (TPSA) is 55.5 Å². The Kier molecular flexibility index (Phi) is 7.51. The normalized spacial score (nSPS) is 15.1. The first kappa shape index (κ1) is 27.0. The number of rotatable bonds is 11. The summed E-state index contributed by atoms with van der Waals surface area (Å²) in [5, 5.41) is 15.8. The lowest BCUT2D eigenvalue weighted by atomic mass is 9.77. The van der Waals surface area contributed by atoms with E-state index in [9.17, 15) is 5.11 Å². The molecule has 1 unspecified atom stereocenters. The van der Waals surface area contributed by atoms with E-state index in [2.05, 4.69) is 98.4 Å². The van der Waals surface area contributed by atoms with Gasteiger partial charge in [-0.1, -0.05) is 104 Å². The van der Waals surface area contributed by atoms with Gasteiger partial charge in [-0.05, 0) is 67.2 Å². The first-order chi connectivity index (χ1) is 18.7. The Morgan fingerprint density at radius 3 is 2.15 bits per heavy atom. The zero-order valence-corrected chi connectivity index (χ0v) is 23.5. The van der Waals surface area contributed by atoms with E-state index in [1.54, 1.807) is 0 Å². The minimum absolute atomic E-state index is 0.0192. The molecular formula is C35H39NO3. The molecule has 5 rings (SSSR count). The van der Waals surface area contributed by atoms with Crippen LogP contribution in [-0.2, 0) is 16.6 Å². The van der Waals surface area contributed by atoms with Crippen LogP contribution in [0.25, 0.3) is 22.5 Å². The van der Waals surface area contributed by atoms with Crippen molar-refractivity contribution in [1.29, 1.82) is 0 Å². The fourth-order valence-electron chi connectivity index (χ4n) is 5.51. The lowest BCUT2D eigenvalue weighted by Crippen LogP contribution is -2.23. The van der Waals surface area contributed by atoms with Crippen molar-refractivity contribution in [2.75, 3.05) is 6.61 Å². The van der Waals surface area contributed by atoms with Gasteiger partial charge in [0.25, 0.3) is 0 Å². The van der Waals surface area contributed by atoms with Gasteiger partial charge in [-0.2, -0.15) is 0 Å². The highest BCUT2D eigenvalue weighted by molar-refractivity contribution is 5.70. The summed E-state index contributed by atoms with van der Waals surface area (Å²) >= 11 is 0. The van der Waals surface area contributed by atoms with Crippen LogP contribution in [-0.4, -0.2) is 16.9 Å². The molecule has 4 heteroatoms. The highest BCUT2D eigenvalue weighted by Gasteiger charge is 2.48. The molecule has 0 saturated heterocycles. The second-order valence-electron chi connectivity index (χ2n) is 11.5. The second kappa shape index (κ2) is 10.9. The molecule has 1 fully saturated rings. The second-order valence-corrected chi connectivity index (χ2v) is 11.5. The molecule has 1 N–H and O–H groups in total. The Morgan fingerprint density at radius 1 is 0.974 bits per heavy atom. The smallest absolute Gasteiger partial charge is 0.172 e. The predicted molar refractivity (Wildman–Crippen MR) is 157 cm³/mol. The predicted octanol–water partition coefficient (Wildman–Crippen LogP) is 8.59. The number of hydrogen-bond donors (Lipinski definition) is 1. The van der Waals surface area contributed by atoms with Crippen LogP contribution in [0.5, 0.6) is 0 Å². The van der Waals surface area contributed by atoms with E-state index < -0.39 is 6.10 Å². The lowest BCUT2D eigenvalue weighted by Gasteiger charge is -2.31. The van der Waals surface area contributed by atoms with E-state index in [0.29, 0.717) is 12.4 Å². The number of aliphatic hydroxyl groups excluding tert-OH is 1. The summed E-state index contributed by atoms with van der Waals surface area (Å²) < 4.78 is 11.5. The third-order valence-electron chi connectivity index (χ3n) is 8.34. The molecule has 4 aromatic rings. The van der Waals surface area contributed by atoms with Gasteiger partial charge in [0, 0.05) is 5.56 Å². The number of aryl methyl sites for hydroxylation is 2. The molecule has 1 aliphatic carbocycles. The maximum Gasteiger partial charge on any atom is 0.172 e. The molecule has 1 atom stereocenters. The summed E-state index contributed by atoms with van der Waals surface area (Å²) in [6.07, 6.45) is 3.23. The molecule has 0 aliphatic heterocycles. The van der Waals surface area contributed by atoms with Gasteiger partial charge in [0.05, 0.1) is 35.1 Å². The number of benzene rings is 3. The average Bonchev–Trinajstić information content (AvgIpc) is 3.69. The highest BCUT2D eigenvalue weighted by Crippen LogP contribution is 2.53. The van der Waals surface area contributed by atoms with Crippen molar-refractivity contribution in [1.82, 2.24) is 5.16 Å². The Bertz CT molecular complexity index is 1410. The van der Waals surface area contributed by atoms with Gasteiger partial charge in [0.15, 0.2) is 5.76 Å². The SMILES string of the molecule is C=C(OCC)C1(c2ccc(-c3ccc(-c4onc(C)c4C(O)C(C)(C)CCc4ccccc4)cc3)cc2)CC1. The molecule has 0 amide bonds. The summed E-state index contributed by atoms with van der Waals surface area (Å²) in [6.45, 7) is 13.0. The number of aliphatic hydroxyl groups is 1. The maximum absolute atomic E-state index is 11.5. The third-order valence-corrected chi connectivity index (χ3v) is 8.34. The zero-order chi connectivity index (χ0) is 27.6.